The molecule has 1 unspecified atom stereocenters. The molecule has 3 aromatic rings. The van der Waals surface area contributed by atoms with Gasteiger partial charge in [-0.15, -0.1) is 0 Å². The number of allylic oxidation sites excluding steroid dienone is 2. The van der Waals surface area contributed by atoms with Gasteiger partial charge in [-0.25, -0.2) is 4.79 Å². The molecular weight excluding hydrogens is 869 g/mol. The van der Waals surface area contributed by atoms with Gasteiger partial charge in [-0.05, 0) is 139 Å². The minimum atomic E-state index is -1.26. The van der Waals surface area contributed by atoms with Crippen molar-refractivity contribution in [2.45, 2.75) is 137 Å². The molecule has 15 heteroatoms. The number of benzene rings is 2. The lowest BCUT2D eigenvalue weighted by Gasteiger charge is -2.26. The molecule has 0 spiro atoms. The number of amides is 2. The van der Waals surface area contributed by atoms with Crippen LogP contribution in [0.3, 0.4) is 0 Å². The quantitative estimate of drug-likeness (QED) is 0.0178. The van der Waals surface area contributed by atoms with Crippen molar-refractivity contribution in [1.29, 1.82) is 0 Å². The molecule has 15 nitrogen and oxygen atoms in total. The SMILES string of the molecule is CCN(CC)CCNC(=O)c1c(C)[nH]c(/C=C2\C(=O)Nc3ccc(OC(=O)CCC(=O)OC(C)C(=O)O[C@@H](CCc4ccccc4)CC[C@@H]4[C@@H](C/C=C\CCCC(C)=O)[C@@H](O)C[C@H]4O)cc32)c1C. The normalized spacial score (nSPS) is 19.2. The highest BCUT2D eigenvalue weighted by molar-refractivity contribution is 6.35. The number of H-pyrrole nitrogens is 1. The molecule has 5 N–H and O–H groups in total. The average molecular weight is 939 g/mol. The van der Waals surface area contributed by atoms with Crippen LogP contribution in [0.4, 0.5) is 5.69 Å². The third-order valence-electron chi connectivity index (χ3n) is 13.0. The van der Waals surface area contributed by atoms with E-state index in [0.717, 1.165) is 38.0 Å². The minimum Gasteiger partial charge on any atom is -0.460 e. The number of ether oxygens (including phenoxy) is 3. The topological polar surface area (TPSA) is 214 Å². The summed E-state index contributed by atoms with van der Waals surface area (Å²) in [5, 5.41) is 27.5. The fourth-order valence-corrected chi connectivity index (χ4v) is 9.04. The molecule has 1 aromatic heterocycles. The van der Waals surface area contributed by atoms with Crippen molar-refractivity contribution in [2.24, 2.45) is 11.8 Å². The number of fused-ring (bicyclic) bond motifs is 1. The van der Waals surface area contributed by atoms with Gasteiger partial charge in [0.05, 0.1) is 36.2 Å². The van der Waals surface area contributed by atoms with Crippen molar-refractivity contribution < 1.29 is 53.2 Å². The Morgan fingerprint density at radius 1 is 0.912 bits per heavy atom. The Morgan fingerprint density at radius 3 is 2.35 bits per heavy atom. The van der Waals surface area contributed by atoms with Gasteiger partial charge in [-0.1, -0.05) is 56.3 Å². The van der Waals surface area contributed by atoms with Gasteiger partial charge in [-0.2, -0.15) is 0 Å². The van der Waals surface area contributed by atoms with E-state index in [2.05, 4.69) is 34.4 Å². The first-order valence-electron chi connectivity index (χ1n) is 24.1. The van der Waals surface area contributed by atoms with Crippen molar-refractivity contribution in [3.05, 3.63) is 94.3 Å². The standard InChI is InChI=1S/C53H70N4O11/c1-7-57(8-2)29-28-54-52(64)50-34(4)45(55-35(50)5)31-43-42-30-39(23-25-44(42)56-51(43)63)67-49(62)27-26-48(61)66-36(6)53(65)68-38(21-20-37-17-13-11-14-18-37)22-24-41-40(46(59)32-47(41)60)19-15-10-9-12-16-33(3)58/h10-11,13-15,17-18,23,25,30-31,36,38,40-41,46-47,55,59-60H,7-9,12,16,19-22,24,26-29,32H2,1-6H3,(H,54,64)(H,56,63)/b15-10-,43-31-/t36?,38-,40+,41+,46-,47+/m0/s1. The van der Waals surface area contributed by atoms with Crippen LogP contribution in [0.25, 0.3) is 11.6 Å². The molecule has 2 heterocycles. The third kappa shape index (κ3) is 15.3. The zero-order valence-corrected chi connectivity index (χ0v) is 40.4. The monoisotopic (exact) mass is 939 g/mol. The van der Waals surface area contributed by atoms with Gasteiger partial charge in [0.15, 0.2) is 6.10 Å². The molecule has 6 atom stereocenters. The lowest BCUT2D eigenvalue weighted by atomic mass is 9.85. The number of unbranched alkanes of at least 4 members (excludes halogenated alkanes) is 1. The van der Waals surface area contributed by atoms with E-state index in [-0.39, 0.29) is 54.4 Å². The summed E-state index contributed by atoms with van der Waals surface area (Å²) in [5.41, 5.74) is 4.83. The number of rotatable bonds is 26. The van der Waals surface area contributed by atoms with Crippen LogP contribution < -0.4 is 15.4 Å². The number of anilines is 1. The van der Waals surface area contributed by atoms with E-state index in [1.807, 2.05) is 49.4 Å². The Labute approximate surface area is 400 Å². The highest BCUT2D eigenvalue weighted by atomic mass is 16.6. The maximum absolute atomic E-state index is 13.4. The molecule has 1 aliphatic carbocycles. The number of hydrogen-bond donors (Lipinski definition) is 5. The van der Waals surface area contributed by atoms with Gasteiger partial charge in [0.1, 0.15) is 17.6 Å². The molecule has 5 rings (SSSR count). The maximum atomic E-state index is 13.4. The number of ketones is 1. The first-order chi connectivity index (χ1) is 32.6. The molecule has 0 saturated heterocycles. The van der Waals surface area contributed by atoms with Crippen molar-refractivity contribution in [1.82, 2.24) is 15.2 Å². The van der Waals surface area contributed by atoms with Crippen LogP contribution in [0.1, 0.15) is 130 Å². The number of hydrogen-bond acceptors (Lipinski definition) is 12. The number of esters is 3. The molecular formula is C53H70N4O11. The van der Waals surface area contributed by atoms with Crippen molar-refractivity contribution in [3.8, 4) is 5.75 Å². The predicted molar refractivity (Wildman–Crippen MR) is 260 cm³/mol. The molecule has 2 aliphatic rings. The second-order valence-electron chi connectivity index (χ2n) is 17.9. The molecule has 0 radical (unpaired) electrons. The smallest absolute Gasteiger partial charge is 0.347 e. The van der Waals surface area contributed by atoms with Crippen LogP contribution in [-0.4, -0.2) is 106 Å². The van der Waals surface area contributed by atoms with Crippen LogP contribution in [0.5, 0.6) is 5.75 Å². The van der Waals surface area contributed by atoms with Gasteiger partial charge >= 0.3 is 17.9 Å². The van der Waals surface area contributed by atoms with Gasteiger partial charge in [0, 0.05) is 42.1 Å². The number of carbonyl (C=O) groups is 6. The second-order valence-corrected chi connectivity index (χ2v) is 17.9. The van der Waals surface area contributed by atoms with Crippen LogP contribution in [0, 0.1) is 25.7 Å². The first kappa shape index (κ1) is 53.1. The summed E-state index contributed by atoms with van der Waals surface area (Å²) in [5.74, 6) is -2.91. The Balaban J connectivity index is 1.14. The van der Waals surface area contributed by atoms with Crippen LogP contribution >= 0.6 is 0 Å². The van der Waals surface area contributed by atoms with E-state index in [1.165, 1.54) is 13.0 Å². The number of likely N-dealkylation sites (N-methyl/N-ethyl adjacent to an activating group) is 1. The predicted octanol–water partition coefficient (Wildman–Crippen LogP) is 7.20. The summed E-state index contributed by atoms with van der Waals surface area (Å²) in [6, 6.07) is 14.5. The molecule has 2 amide bonds. The Morgan fingerprint density at radius 2 is 1.63 bits per heavy atom. The first-order valence-corrected chi connectivity index (χ1v) is 24.1. The number of aryl methyl sites for hydroxylation is 2. The zero-order chi connectivity index (χ0) is 49.3. The number of nitrogens with zero attached hydrogens (tertiary/aromatic N) is 1. The number of nitrogens with one attached hydrogen (secondary N) is 3. The summed E-state index contributed by atoms with van der Waals surface area (Å²) < 4.78 is 16.9. The number of Topliss-reactive ketones (excluding diaryl/α,β-unsaturated/α-hetero) is 1. The maximum Gasteiger partial charge on any atom is 0.347 e. The molecule has 2 aromatic carbocycles. The molecule has 68 heavy (non-hydrogen) atoms. The summed E-state index contributed by atoms with van der Waals surface area (Å²) >= 11 is 0. The molecule has 1 aliphatic heterocycles. The van der Waals surface area contributed by atoms with Gasteiger partial charge < -0.3 is 49.7 Å². The Hall–Kier alpha value is -5.90. The summed E-state index contributed by atoms with van der Waals surface area (Å²) in [4.78, 5) is 82.2. The fourth-order valence-electron chi connectivity index (χ4n) is 9.04. The van der Waals surface area contributed by atoms with Gasteiger partial charge in [-0.3, -0.25) is 19.2 Å². The van der Waals surface area contributed by atoms with Crippen molar-refractivity contribution in [3.63, 3.8) is 0 Å². The molecule has 1 saturated carbocycles. The summed E-state index contributed by atoms with van der Waals surface area (Å²) in [6.07, 6.45) is 6.70. The number of aromatic nitrogens is 1. The van der Waals surface area contributed by atoms with E-state index in [9.17, 15) is 39.0 Å². The number of aromatic amines is 1. The lowest BCUT2D eigenvalue weighted by Crippen LogP contribution is -2.35. The average Bonchev–Trinajstić information content (AvgIpc) is 3.88. The zero-order valence-electron chi connectivity index (χ0n) is 40.4. The van der Waals surface area contributed by atoms with Gasteiger partial charge in [0.2, 0.25) is 0 Å². The molecule has 0 bridgehead atoms. The Bertz CT molecular complexity index is 2280. The number of carbonyl (C=O) groups excluding carboxylic acids is 6. The Kier molecular flexibility index (Phi) is 20.3. The van der Waals surface area contributed by atoms with Crippen molar-refractivity contribution in [2.75, 3.05) is 31.5 Å². The van der Waals surface area contributed by atoms with Crippen LogP contribution in [-0.2, 0) is 39.9 Å². The summed E-state index contributed by atoms with van der Waals surface area (Å²) in [7, 11) is 0. The second kappa shape index (κ2) is 26.0. The molecule has 1 fully saturated rings. The molecule has 368 valence electrons. The highest BCUT2D eigenvalue weighted by Crippen LogP contribution is 2.39. The van der Waals surface area contributed by atoms with E-state index in [4.69, 9.17) is 14.2 Å². The highest BCUT2D eigenvalue weighted by Gasteiger charge is 2.41. The van der Waals surface area contributed by atoms with E-state index in [0.29, 0.717) is 84.4 Å². The van der Waals surface area contributed by atoms with E-state index >= 15 is 0 Å². The van der Waals surface area contributed by atoms with Gasteiger partial charge in [0.25, 0.3) is 11.8 Å². The lowest BCUT2D eigenvalue weighted by molar-refractivity contribution is -0.171. The number of aliphatic hydroxyl groups excluding tert-OH is 2. The van der Waals surface area contributed by atoms with E-state index < -0.39 is 42.3 Å². The minimum absolute atomic E-state index is 0.149. The van der Waals surface area contributed by atoms with Crippen LogP contribution in [0.2, 0.25) is 0 Å². The third-order valence-corrected chi connectivity index (χ3v) is 13.0. The van der Waals surface area contributed by atoms with Crippen LogP contribution in [0.15, 0.2) is 60.7 Å². The van der Waals surface area contributed by atoms with Crippen molar-refractivity contribution >= 4 is 52.8 Å². The summed E-state index contributed by atoms with van der Waals surface area (Å²) in [6.45, 7) is 13.8. The fraction of sp³-hybridized carbons (Fsp3) is 0.509. The largest absolute Gasteiger partial charge is 0.460 e. The van der Waals surface area contributed by atoms with E-state index in [1.54, 1.807) is 32.1 Å². The number of aliphatic hydroxyl groups is 2.